The maximum Gasteiger partial charge on any atom is 0.123 e. The lowest BCUT2D eigenvalue weighted by atomic mass is 9.98. The summed E-state index contributed by atoms with van der Waals surface area (Å²) in [7, 11) is 0. The number of fused-ring (bicyclic) bond motifs is 1. The molecule has 24 heavy (non-hydrogen) atoms. The van der Waals surface area contributed by atoms with Crippen LogP contribution in [0.3, 0.4) is 0 Å². The quantitative estimate of drug-likeness (QED) is 0.343. The summed E-state index contributed by atoms with van der Waals surface area (Å²) in [6.45, 7) is 0. The lowest BCUT2D eigenvalue weighted by Gasteiger charge is -2.11. The molecule has 0 bridgehead atoms. The second-order valence-electron chi connectivity index (χ2n) is 5.56. The molecule has 0 N–H and O–H groups in total. The highest BCUT2D eigenvalue weighted by atomic mass is 127. The summed E-state index contributed by atoms with van der Waals surface area (Å²) in [5, 5.41) is 1.07. The van der Waals surface area contributed by atoms with Crippen LogP contribution >= 0.6 is 22.6 Å². The van der Waals surface area contributed by atoms with Crippen LogP contribution < -0.4 is 0 Å². The third kappa shape index (κ3) is 2.80. The molecule has 0 aliphatic heterocycles. The first-order valence-electron chi connectivity index (χ1n) is 7.63. The fourth-order valence-electron chi connectivity index (χ4n) is 2.85. The molecule has 0 saturated carbocycles. The zero-order valence-electron chi connectivity index (χ0n) is 12.7. The summed E-state index contributed by atoms with van der Waals surface area (Å²) in [6.07, 6.45) is 0. The van der Waals surface area contributed by atoms with E-state index in [4.69, 9.17) is 4.98 Å². The highest BCUT2D eigenvalue weighted by Gasteiger charge is 2.11. The van der Waals surface area contributed by atoms with Gasteiger partial charge in [-0.3, -0.25) is 0 Å². The molecule has 1 aromatic heterocycles. The van der Waals surface area contributed by atoms with Crippen molar-refractivity contribution >= 4 is 33.5 Å². The number of para-hydroxylation sites is 1. The van der Waals surface area contributed by atoms with Crippen molar-refractivity contribution in [1.29, 1.82) is 0 Å². The Balaban J connectivity index is 2.01. The van der Waals surface area contributed by atoms with Gasteiger partial charge in [-0.05, 0) is 64.0 Å². The van der Waals surface area contributed by atoms with E-state index in [2.05, 4.69) is 46.9 Å². The summed E-state index contributed by atoms with van der Waals surface area (Å²) in [6, 6.07) is 25.0. The molecule has 3 aromatic carbocycles. The molecule has 0 spiro atoms. The van der Waals surface area contributed by atoms with Crippen molar-refractivity contribution in [3.63, 3.8) is 0 Å². The number of rotatable bonds is 2. The third-order valence-electron chi connectivity index (χ3n) is 4.02. The molecular formula is C21H13FIN. The van der Waals surface area contributed by atoms with Crippen LogP contribution in [0.15, 0.2) is 78.9 Å². The smallest absolute Gasteiger partial charge is 0.123 e. The van der Waals surface area contributed by atoms with Gasteiger partial charge in [0.15, 0.2) is 0 Å². The van der Waals surface area contributed by atoms with Crippen LogP contribution in [-0.4, -0.2) is 4.98 Å². The van der Waals surface area contributed by atoms with Crippen LogP contribution in [0.4, 0.5) is 4.39 Å². The number of hydrogen-bond acceptors (Lipinski definition) is 1. The maximum absolute atomic E-state index is 13.3. The molecule has 0 atom stereocenters. The molecule has 4 aromatic rings. The molecule has 0 aliphatic carbocycles. The Morgan fingerprint density at radius 3 is 2.25 bits per heavy atom. The monoisotopic (exact) mass is 425 g/mol. The molecule has 0 saturated heterocycles. The normalized spacial score (nSPS) is 10.9. The average Bonchev–Trinajstić information content (AvgIpc) is 2.62. The molecular weight excluding hydrogens is 412 g/mol. The summed E-state index contributed by atoms with van der Waals surface area (Å²) in [5.41, 5.74) is 5.02. The second-order valence-corrected chi connectivity index (χ2v) is 6.72. The summed E-state index contributed by atoms with van der Waals surface area (Å²) < 4.78 is 14.5. The lowest BCUT2D eigenvalue weighted by molar-refractivity contribution is 0.628. The van der Waals surface area contributed by atoms with Gasteiger partial charge in [0.25, 0.3) is 0 Å². The Hall–Kier alpha value is -2.27. The van der Waals surface area contributed by atoms with Crippen molar-refractivity contribution in [2.75, 3.05) is 0 Å². The Labute approximate surface area is 153 Å². The van der Waals surface area contributed by atoms with Gasteiger partial charge in [-0.25, -0.2) is 9.37 Å². The molecule has 0 amide bonds. The number of halogens is 2. The predicted octanol–water partition coefficient (Wildman–Crippen LogP) is 6.31. The first-order chi connectivity index (χ1) is 11.7. The van der Waals surface area contributed by atoms with E-state index in [1.807, 2.05) is 42.5 Å². The Morgan fingerprint density at radius 2 is 1.46 bits per heavy atom. The number of hydrogen-bond donors (Lipinski definition) is 0. The summed E-state index contributed by atoms with van der Waals surface area (Å²) >= 11 is 2.33. The van der Waals surface area contributed by atoms with E-state index in [-0.39, 0.29) is 5.82 Å². The molecule has 116 valence electrons. The van der Waals surface area contributed by atoms with Crippen molar-refractivity contribution in [3.05, 3.63) is 88.3 Å². The maximum atomic E-state index is 13.3. The van der Waals surface area contributed by atoms with Gasteiger partial charge in [0, 0.05) is 14.5 Å². The van der Waals surface area contributed by atoms with Crippen LogP contribution in [0.5, 0.6) is 0 Å². The molecule has 3 heteroatoms. The molecule has 0 aliphatic rings. The van der Waals surface area contributed by atoms with Crippen LogP contribution in [0, 0.1) is 9.39 Å². The first kappa shape index (κ1) is 15.3. The highest BCUT2D eigenvalue weighted by molar-refractivity contribution is 14.1. The van der Waals surface area contributed by atoms with Crippen molar-refractivity contribution in [3.8, 4) is 22.4 Å². The van der Waals surface area contributed by atoms with Gasteiger partial charge in [-0.2, -0.15) is 0 Å². The average molecular weight is 425 g/mol. The minimum absolute atomic E-state index is 0.227. The van der Waals surface area contributed by atoms with Crippen molar-refractivity contribution < 1.29 is 4.39 Å². The fourth-order valence-corrected chi connectivity index (χ4v) is 3.51. The summed E-state index contributed by atoms with van der Waals surface area (Å²) in [4.78, 5) is 4.83. The summed E-state index contributed by atoms with van der Waals surface area (Å²) in [5.74, 6) is -0.227. The van der Waals surface area contributed by atoms with E-state index in [0.717, 1.165) is 36.9 Å². The topological polar surface area (TPSA) is 12.9 Å². The predicted molar refractivity (Wildman–Crippen MR) is 105 cm³/mol. The Bertz CT molecular complexity index is 1030. The van der Waals surface area contributed by atoms with Gasteiger partial charge in [0.1, 0.15) is 5.82 Å². The van der Waals surface area contributed by atoms with Crippen LogP contribution in [0.25, 0.3) is 33.3 Å². The number of benzene rings is 3. The van der Waals surface area contributed by atoms with Gasteiger partial charge in [-0.1, -0.05) is 48.5 Å². The zero-order chi connectivity index (χ0) is 16.5. The van der Waals surface area contributed by atoms with Crippen LogP contribution in [0.1, 0.15) is 0 Å². The zero-order valence-corrected chi connectivity index (χ0v) is 14.9. The molecule has 0 fully saturated rings. The van der Waals surface area contributed by atoms with Gasteiger partial charge < -0.3 is 0 Å². The second kappa shape index (κ2) is 6.32. The van der Waals surface area contributed by atoms with Gasteiger partial charge in [-0.15, -0.1) is 0 Å². The number of pyridine rings is 1. The minimum Gasteiger partial charge on any atom is -0.248 e. The first-order valence-corrected chi connectivity index (χ1v) is 8.71. The van der Waals surface area contributed by atoms with E-state index in [9.17, 15) is 4.39 Å². The Morgan fingerprint density at radius 1 is 0.750 bits per heavy atom. The minimum atomic E-state index is -0.227. The number of nitrogens with zero attached hydrogens (tertiary/aromatic N) is 1. The van der Waals surface area contributed by atoms with E-state index < -0.39 is 0 Å². The molecule has 4 rings (SSSR count). The number of aromatic nitrogens is 1. The van der Waals surface area contributed by atoms with Crippen molar-refractivity contribution in [2.45, 2.75) is 0 Å². The highest BCUT2D eigenvalue weighted by Crippen LogP contribution is 2.33. The van der Waals surface area contributed by atoms with Crippen molar-refractivity contribution in [2.24, 2.45) is 0 Å². The van der Waals surface area contributed by atoms with E-state index in [1.54, 1.807) is 0 Å². The fraction of sp³-hybridized carbons (Fsp3) is 0. The van der Waals surface area contributed by atoms with Crippen LogP contribution in [0.2, 0.25) is 0 Å². The molecule has 1 heterocycles. The standard InChI is InChI=1S/C21H13FIN/c22-15-11-9-14(10-12-15)18-13-21(17-6-1-3-7-19(17)23)24-20-8-4-2-5-16(18)20/h1-13H. The van der Waals surface area contributed by atoms with E-state index in [0.29, 0.717) is 0 Å². The van der Waals surface area contributed by atoms with Gasteiger partial charge >= 0.3 is 0 Å². The van der Waals surface area contributed by atoms with E-state index in [1.165, 1.54) is 12.1 Å². The van der Waals surface area contributed by atoms with Gasteiger partial charge in [0.2, 0.25) is 0 Å². The Kier molecular flexibility index (Phi) is 4.02. The third-order valence-corrected chi connectivity index (χ3v) is 4.96. The van der Waals surface area contributed by atoms with Crippen LogP contribution in [-0.2, 0) is 0 Å². The van der Waals surface area contributed by atoms with Crippen molar-refractivity contribution in [1.82, 2.24) is 4.98 Å². The molecule has 0 unspecified atom stereocenters. The SMILES string of the molecule is Fc1ccc(-c2cc(-c3ccccc3I)nc3ccccc23)cc1. The lowest BCUT2D eigenvalue weighted by Crippen LogP contribution is -1.91. The molecule has 0 radical (unpaired) electrons. The largest absolute Gasteiger partial charge is 0.248 e. The van der Waals surface area contributed by atoms with Gasteiger partial charge in [0.05, 0.1) is 11.2 Å². The van der Waals surface area contributed by atoms with E-state index >= 15 is 0 Å². The molecule has 1 nitrogen and oxygen atoms in total.